The smallest absolute Gasteiger partial charge is 0.262 e. The quantitative estimate of drug-likeness (QED) is 0.792. The van der Waals surface area contributed by atoms with E-state index in [9.17, 15) is 14.4 Å². The van der Waals surface area contributed by atoms with E-state index in [1.54, 1.807) is 12.1 Å². The van der Waals surface area contributed by atoms with Crippen molar-refractivity contribution in [3.63, 3.8) is 0 Å². The molecule has 0 unspecified atom stereocenters. The molecule has 0 bridgehead atoms. The molecule has 3 rings (SSSR count). The highest BCUT2D eigenvalue weighted by atomic mass is 16.5. The third-order valence-corrected chi connectivity index (χ3v) is 3.53. The van der Waals surface area contributed by atoms with Crippen LogP contribution in [0, 0.1) is 0 Å². The summed E-state index contributed by atoms with van der Waals surface area (Å²) in [6, 6.07) is 7.83. The van der Waals surface area contributed by atoms with Gasteiger partial charge in [-0.3, -0.25) is 14.4 Å². The summed E-state index contributed by atoms with van der Waals surface area (Å²) >= 11 is 0. The number of hydrogen-bond acceptors (Lipinski definition) is 4. The number of ether oxygens (including phenoxy) is 1. The van der Waals surface area contributed by atoms with Crippen molar-refractivity contribution in [1.29, 1.82) is 0 Å². The molecule has 2 amide bonds. The Morgan fingerprint density at radius 2 is 2.09 bits per heavy atom. The van der Waals surface area contributed by atoms with Gasteiger partial charge in [0.15, 0.2) is 6.61 Å². The lowest BCUT2D eigenvalue weighted by Crippen LogP contribution is -2.28. The minimum Gasteiger partial charge on any atom is -0.482 e. The molecule has 0 aliphatic carbocycles. The Kier molecular flexibility index (Phi) is 3.84. The number of pyridine rings is 1. The van der Waals surface area contributed by atoms with Crippen molar-refractivity contribution in [2.24, 2.45) is 0 Å². The summed E-state index contributed by atoms with van der Waals surface area (Å²) in [4.78, 5) is 37.0. The highest BCUT2D eigenvalue weighted by Crippen LogP contribution is 2.30. The van der Waals surface area contributed by atoms with Gasteiger partial charge in [0.1, 0.15) is 5.75 Å². The summed E-state index contributed by atoms with van der Waals surface area (Å²) < 4.78 is 5.30. The first kappa shape index (κ1) is 14.8. The van der Waals surface area contributed by atoms with E-state index >= 15 is 0 Å². The minimum absolute atomic E-state index is 0.00481. The van der Waals surface area contributed by atoms with Crippen LogP contribution in [0.5, 0.6) is 5.75 Å². The van der Waals surface area contributed by atoms with Crippen LogP contribution in [0.3, 0.4) is 0 Å². The summed E-state index contributed by atoms with van der Waals surface area (Å²) in [5, 5.41) is 5.57. The van der Waals surface area contributed by atoms with E-state index in [1.807, 2.05) is 13.0 Å². The topological polar surface area (TPSA) is 100 Å². The van der Waals surface area contributed by atoms with Gasteiger partial charge in [-0.15, -0.1) is 0 Å². The number of H-pyrrole nitrogens is 1. The molecule has 0 saturated carbocycles. The molecule has 7 nitrogen and oxygen atoms in total. The average Bonchev–Trinajstić information content (AvgIpc) is 2.54. The molecule has 1 atom stereocenters. The van der Waals surface area contributed by atoms with E-state index in [0.29, 0.717) is 17.0 Å². The molecule has 1 aliphatic heterocycles. The van der Waals surface area contributed by atoms with Crippen molar-refractivity contribution in [1.82, 2.24) is 10.3 Å². The van der Waals surface area contributed by atoms with Gasteiger partial charge < -0.3 is 20.4 Å². The van der Waals surface area contributed by atoms with Crippen molar-refractivity contribution in [3.05, 3.63) is 58.0 Å². The van der Waals surface area contributed by atoms with E-state index in [2.05, 4.69) is 15.6 Å². The number of aromatic amines is 1. The van der Waals surface area contributed by atoms with Gasteiger partial charge in [-0.1, -0.05) is 6.07 Å². The van der Waals surface area contributed by atoms with E-state index in [-0.39, 0.29) is 30.0 Å². The number of hydrogen-bond donors (Lipinski definition) is 3. The van der Waals surface area contributed by atoms with Crippen LogP contribution in [0.4, 0.5) is 5.69 Å². The molecule has 23 heavy (non-hydrogen) atoms. The van der Waals surface area contributed by atoms with Gasteiger partial charge >= 0.3 is 0 Å². The highest BCUT2D eigenvalue weighted by Gasteiger charge is 2.18. The summed E-state index contributed by atoms with van der Waals surface area (Å²) in [6.07, 6.45) is 1.37. The van der Waals surface area contributed by atoms with E-state index in [1.165, 1.54) is 18.3 Å². The summed E-state index contributed by atoms with van der Waals surface area (Å²) in [5.74, 6) is 0.0962. The Hall–Kier alpha value is -3.09. The summed E-state index contributed by atoms with van der Waals surface area (Å²) in [5.41, 5.74) is 1.52. The molecule has 1 aromatic heterocycles. The first-order valence-electron chi connectivity index (χ1n) is 7.09. The Bertz CT molecular complexity index is 808. The van der Waals surface area contributed by atoms with Gasteiger partial charge in [-0.05, 0) is 30.7 Å². The molecule has 0 saturated heterocycles. The van der Waals surface area contributed by atoms with E-state index in [0.717, 1.165) is 5.56 Å². The third-order valence-electron chi connectivity index (χ3n) is 3.53. The fraction of sp³-hybridized carbons (Fsp3) is 0.188. The van der Waals surface area contributed by atoms with Crippen LogP contribution in [-0.2, 0) is 4.79 Å². The zero-order valence-electron chi connectivity index (χ0n) is 12.4. The first-order chi connectivity index (χ1) is 11.0. The molecule has 7 heteroatoms. The van der Waals surface area contributed by atoms with Crippen LogP contribution in [-0.4, -0.2) is 23.4 Å². The largest absolute Gasteiger partial charge is 0.482 e. The molecule has 0 fully saturated rings. The molecule has 2 heterocycles. The molecule has 1 aliphatic rings. The monoisotopic (exact) mass is 313 g/mol. The highest BCUT2D eigenvalue weighted by molar-refractivity contribution is 5.96. The predicted octanol–water partition coefficient (Wildman–Crippen LogP) is 1.20. The van der Waals surface area contributed by atoms with Gasteiger partial charge in [0.05, 0.1) is 17.3 Å². The zero-order chi connectivity index (χ0) is 16.4. The Morgan fingerprint density at radius 3 is 2.83 bits per heavy atom. The van der Waals surface area contributed by atoms with Gasteiger partial charge in [-0.2, -0.15) is 0 Å². The molecule has 1 aromatic carbocycles. The van der Waals surface area contributed by atoms with Crippen LogP contribution in [0.25, 0.3) is 0 Å². The van der Waals surface area contributed by atoms with Gasteiger partial charge in [0.2, 0.25) is 5.56 Å². The molecule has 118 valence electrons. The molecular formula is C16H15N3O4. The number of nitrogens with one attached hydrogen (secondary N) is 3. The number of amides is 2. The summed E-state index contributed by atoms with van der Waals surface area (Å²) in [7, 11) is 0. The Labute approximate surface area is 131 Å². The molecule has 2 aromatic rings. The van der Waals surface area contributed by atoms with E-state index in [4.69, 9.17) is 4.74 Å². The number of carbonyl (C=O) groups excluding carboxylic acids is 2. The van der Waals surface area contributed by atoms with E-state index < -0.39 is 0 Å². The number of benzene rings is 1. The lowest BCUT2D eigenvalue weighted by atomic mass is 10.1. The maximum atomic E-state index is 12.2. The maximum Gasteiger partial charge on any atom is 0.262 e. The number of fused-ring (bicyclic) bond motifs is 1. The fourth-order valence-corrected chi connectivity index (χ4v) is 2.29. The van der Waals surface area contributed by atoms with Crippen LogP contribution >= 0.6 is 0 Å². The third kappa shape index (κ3) is 3.23. The van der Waals surface area contributed by atoms with Crippen LogP contribution in [0.1, 0.15) is 28.9 Å². The normalized spacial score (nSPS) is 14.2. The summed E-state index contributed by atoms with van der Waals surface area (Å²) in [6.45, 7) is 1.83. The fourth-order valence-electron chi connectivity index (χ4n) is 2.29. The Morgan fingerprint density at radius 1 is 1.26 bits per heavy atom. The average molecular weight is 313 g/mol. The number of rotatable bonds is 3. The molecule has 0 spiro atoms. The molecule has 3 N–H and O–H groups in total. The van der Waals surface area contributed by atoms with Crippen molar-refractivity contribution in [3.8, 4) is 5.75 Å². The van der Waals surface area contributed by atoms with Gasteiger partial charge in [0, 0.05) is 12.3 Å². The number of aromatic nitrogens is 1. The lowest BCUT2D eigenvalue weighted by Gasteiger charge is -2.21. The van der Waals surface area contributed by atoms with Gasteiger partial charge in [-0.25, -0.2) is 0 Å². The van der Waals surface area contributed by atoms with Crippen molar-refractivity contribution in [2.75, 3.05) is 11.9 Å². The number of carbonyl (C=O) groups is 2. The van der Waals surface area contributed by atoms with Crippen molar-refractivity contribution >= 4 is 17.5 Å². The number of anilines is 1. The minimum atomic E-state index is -0.299. The lowest BCUT2D eigenvalue weighted by molar-refractivity contribution is -0.118. The zero-order valence-corrected chi connectivity index (χ0v) is 12.4. The maximum absolute atomic E-state index is 12.2. The van der Waals surface area contributed by atoms with Crippen LogP contribution < -0.4 is 20.9 Å². The predicted molar refractivity (Wildman–Crippen MR) is 83.5 cm³/mol. The van der Waals surface area contributed by atoms with Gasteiger partial charge in [0.25, 0.3) is 11.8 Å². The SMILES string of the molecule is C[C@@H](NC(=O)c1ccc(=O)[nH]c1)c1ccc2c(c1)NC(=O)CO2. The first-order valence-corrected chi connectivity index (χ1v) is 7.09. The standard InChI is InChI=1S/C16H15N3O4/c1-9(18-16(22)11-3-5-14(20)17-7-11)10-2-4-13-12(6-10)19-15(21)8-23-13/h2-7,9H,8H2,1H3,(H,17,20)(H,18,22)(H,19,21)/t9-/m1/s1. The Balaban J connectivity index is 1.75. The van der Waals surface area contributed by atoms with Crippen molar-refractivity contribution < 1.29 is 14.3 Å². The molecule has 0 radical (unpaired) electrons. The van der Waals surface area contributed by atoms with Crippen LogP contribution in [0.2, 0.25) is 0 Å². The second kappa shape index (κ2) is 5.96. The van der Waals surface area contributed by atoms with Crippen LogP contribution in [0.15, 0.2) is 41.3 Å². The second-order valence-electron chi connectivity index (χ2n) is 5.23. The second-order valence-corrected chi connectivity index (χ2v) is 5.23. The molecular weight excluding hydrogens is 298 g/mol. The van der Waals surface area contributed by atoms with Crippen molar-refractivity contribution in [2.45, 2.75) is 13.0 Å².